The normalized spacial score (nSPS) is 10.4. The van der Waals surface area contributed by atoms with Crippen LogP contribution in [-0.4, -0.2) is 11.9 Å². The Bertz CT molecular complexity index is 1070. The molecule has 147 valence electrons. The van der Waals surface area contributed by atoms with Gasteiger partial charge in [0.2, 0.25) is 0 Å². The van der Waals surface area contributed by atoms with E-state index in [9.17, 15) is 9.59 Å². The van der Waals surface area contributed by atoms with Gasteiger partial charge in [0.1, 0.15) is 0 Å². The highest BCUT2D eigenvalue weighted by Crippen LogP contribution is 2.27. The predicted molar refractivity (Wildman–Crippen MR) is 117 cm³/mol. The van der Waals surface area contributed by atoms with Crippen molar-refractivity contribution in [2.24, 2.45) is 0 Å². The fourth-order valence-corrected chi connectivity index (χ4v) is 3.35. The first-order valence-corrected chi connectivity index (χ1v) is 9.16. The number of aryl methyl sites for hydroxylation is 3. The van der Waals surface area contributed by atoms with Gasteiger partial charge in [0.25, 0.3) is 5.91 Å². The zero-order chi connectivity index (χ0) is 21.1. The average molecular weight is 387 g/mol. The van der Waals surface area contributed by atoms with Crippen LogP contribution in [0.5, 0.6) is 0 Å². The number of amides is 3. The molecule has 0 saturated carbocycles. The van der Waals surface area contributed by atoms with Gasteiger partial charge < -0.3 is 16.4 Å². The van der Waals surface area contributed by atoms with Gasteiger partial charge in [-0.05, 0) is 67.3 Å². The van der Waals surface area contributed by atoms with E-state index in [0.29, 0.717) is 5.69 Å². The lowest BCUT2D eigenvalue weighted by molar-refractivity contribution is 0.0993. The second kappa shape index (κ2) is 8.06. The van der Waals surface area contributed by atoms with Crippen molar-refractivity contribution >= 4 is 29.0 Å². The first-order chi connectivity index (χ1) is 13.7. The largest absolute Gasteiger partial charge is 0.399 e. The van der Waals surface area contributed by atoms with Crippen molar-refractivity contribution in [3.05, 3.63) is 76.9 Å². The molecule has 0 saturated heterocycles. The van der Waals surface area contributed by atoms with Crippen LogP contribution in [0.15, 0.2) is 54.6 Å². The summed E-state index contributed by atoms with van der Waals surface area (Å²) in [4.78, 5) is 24.3. The summed E-state index contributed by atoms with van der Waals surface area (Å²) in [5.74, 6) is -0.869. The highest BCUT2D eigenvalue weighted by Gasteiger charge is 2.15. The van der Waals surface area contributed by atoms with Gasteiger partial charge in [-0.1, -0.05) is 35.9 Å². The predicted octanol–water partition coefficient (Wildman–Crippen LogP) is 4.93. The lowest BCUT2D eigenvalue weighted by atomic mass is 10.0. The topological polar surface area (TPSA) is 108 Å². The molecule has 0 aliphatic heterocycles. The lowest BCUT2D eigenvalue weighted by Crippen LogP contribution is -2.22. The van der Waals surface area contributed by atoms with Crippen LogP contribution in [0.2, 0.25) is 0 Å². The molecular weight excluding hydrogens is 364 g/mol. The van der Waals surface area contributed by atoms with Crippen molar-refractivity contribution in [3.63, 3.8) is 0 Å². The number of carbonyl (C=O) groups is 2. The summed E-state index contributed by atoms with van der Waals surface area (Å²) in [6.07, 6.45) is 0. The lowest BCUT2D eigenvalue weighted by Gasteiger charge is -2.15. The van der Waals surface area contributed by atoms with Gasteiger partial charge in [0.05, 0.1) is 11.3 Å². The Morgan fingerprint density at radius 3 is 2.00 bits per heavy atom. The maximum Gasteiger partial charge on any atom is 0.323 e. The highest BCUT2D eigenvalue weighted by atomic mass is 16.2. The zero-order valence-corrected chi connectivity index (χ0v) is 16.6. The van der Waals surface area contributed by atoms with Crippen LogP contribution in [0, 0.1) is 20.8 Å². The summed E-state index contributed by atoms with van der Waals surface area (Å²) >= 11 is 0. The smallest absolute Gasteiger partial charge is 0.323 e. The van der Waals surface area contributed by atoms with Crippen LogP contribution in [0.4, 0.5) is 21.9 Å². The van der Waals surface area contributed by atoms with E-state index in [2.05, 4.69) is 10.6 Å². The fraction of sp³-hybridized carbons (Fsp3) is 0.130. The number of hydrogen-bond donors (Lipinski definition) is 3. The Balaban J connectivity index is 1.90. The Hall–Kier alpha value is -3.80. The molecule has 5 N–H and O–H groups in total. The number of nitrogen functional groups attached to an aromatic ring is 1. The van der Waals surface area contributed by atoms with Crippen LogP contribution in [0.25, 0.3) is 11.1 Å². The molecule has 0 aliphatic carbocycles. The van der Waals surface area contributed by atoms with Crippen LogP contribution in [-0.2, 0) is 0 Å². The average Bonchev–Trinajstić information content (AvgIpc) is 2.65. The molecule has 0 aliphatic rings. The second-order valence-electron chi connectivity index (χ2n) is 7.06. The number of rotatable bonds is 4. The summed E-state index contributed by atoms with van der Waals surface area (Å²) in [6, 6.07) is 15.7. The molecule has 3 amide bonds. The molecule has 29 heavy (non-hydrogen) atoms. The van der Waals surface area contributed by atoms with Crippen LogP contribution in [0.1, 0.15) is 27.0 Å². The van der Waals surface area contributed by atoms with E-state index in [4.69, 9.17) is 11.5 Å². The van der Waals surface area contributed by atoms with E-state index in [1.54, 1.807) is 30.3 Å². The number of hydrogen-bond acceptors (Lipinski definition) is 3. The first-order valence-electron chi connectivity index (χ1n) is 9.16. The summed E-state index contributed by atoms with van der Waals surface area (Å²) in [6.45, 7) is 5.85. The minimum absolute atomic E-state index is 0.122. The van der Waals surface area contributed by atoms with E-state index in [1.165, 1.54) is 0 Å². The second-order valence-corrected chi connectivity index (χ2v) is 7.06. The van der Waals surface area contributed by atoms with Gasteiger partial charge in [-0.15, -0.1) is 0 Å². The molecule has 0 heterocycles. The molecule has 0 spiro atoms. The molecule has 3 rings (SSSR count). The van der Waals surface area contributed by atoms with E-state index >= 15 is 0 Å². The molecule has 0 bridgehead atoms. The number of anilines is 3. The first kappa shape index (κ1) is 19.9. The van der Waals surface area contributed by atoms with E-state index in [0.717, 1.165) is 33.5 Å². The summed E-state index contributed by atoms with van der Waals surface area (Å²) in [5.41, 5.74) is 19.7. The standard InChI is InChI=1S/C23H23N4O2/c1-13-10-14(2)21(15(3)11-13)27-23(29)26-20-12-17(6-9-19(20)22(25)28)16-4-7-18(24)8-5-16/h4-12,25H,24H2,1-3H3,(H2,26,27,29). The highest BCUT2D eigenvalue weighted by molar-refractivity contribution is 6.07. The molecule has 3 aromatic carbocycles. The minimum Gasteiger partial charge on any atom is -0.399 e. The van der Waals surface area contributed by atoms with Crippen molar-refractivity contribution in [2.45, 2.75) is 20.8 Å². The third kappa shape index (κ3) is 4.55. The molecule has 6 nitrogen and oxygen atoms in total. The molecular formula is C23H23N4O2. The van der Waals surface area contributed by atoms with Crippen molar-refractivity contribution in [2.75, 3.05) is 16.4 Å². The van der Waals surface area contributed by atoms with Crippen molar-refractivity contribution in [1.82, 2.24) is 5.73 Å². The summed E-state index contributed by atoms with van der Waals surface area (Å²) in [7, 11) is 0. The minimum atomic E-state index is -0.869. The summed E-state index contributed by atoms with van der Waals surface area (Å²) < 4.78 is 0. The van der Waals surface area contributed by atoms with E-state index < -0.39 is 11.9 Å². The van der Waals surface area contributed by atoms with Gasteiger partial charge in [0.15, 0.2) is 0 Å². The third-order valence-corrected chi connectivity index (χ3v) is 4.67. The molecule has 1 radical (unpaired) electrons. The number of benzene rings is 3. The maximum atomic E-state index is 12.6. The monoisotopic (exact) mass is 387 g/mol. The van der Waals surface area contributed by atoms with Gasteiger partial charge in [0, 0.05) is 11.4 Å². The van der Waals surface area contributed by atoms with Gasteiger partial charge >= 0.3 is 6.03 Å². The van der Waals surface area contributed by atoms with Gasteiger partial charge in [-0.25, -0.2) is 4.79 Å². The Labute approximate surface area is 169 Å². The van der Waals surface area contributed by atoms with Crippen LogP contribution in [0.3, 0.4) is 0 Å². The SMILES string of the molecule is Cc1cc(C)c(NC(=O)Nc2cc(-c3ccc(N)cc3)ccc2C([NH])=O)c(C)c1. The number of nitrogens with one attached hydrogen (secondary N) is 3. The fourth-order valence-electron chi connectivity index (χ4n) is 3.35. The molecule has 0 unspecified atom stereocenters. The molecule has 0 aromatic heterocycles. The van der Waals surface area contributed by atoms with Crippen molar-refractivity contribution in [1.29, 1.82) is 0 Å². The number of nitrogens with two attached hydrogens (primary N) is 1. The zero-order valence-electron chi connectivity index (χ0n) is 16.6. The number of urea groups is 1. The van der Waals surface area contributed by atoms with E-state index in [-0.39, 0.29) is 11.3 Å². The van der Waals surface area contributed by atoms with Gasteiger partial charge in [-0.3, -0.25) is 10.5 Å². The quantitative estimate of drug-likeness (QED) is 0.552. The van der Waals surface area contributed by atoms with Crippen LogP contribution >= 0.6 is 0 Å². The van der Waals surface area contributed by atoms with Crippen molar-refractivity contribution in [3.8, 4) is 11.1 Å². The van der Waals surface area contributed by atoms with Crippen LogP contribution < -0.4 is 22.1 Å². The maximum absolute atomic E-state index is 12.6. The Kier molecular flexibility index (Phi) is 5.54. The molecule has 0 fully saturated rings. The summed E-state index contributed by atoms with van der Waals surface area (Å²) in [5, 5.41) is 5.56. The molecule has 6 heteroatoms. The third-order valence-electron chi connectivity index (χ3n) is 4.67. The Morgan fingerprint density at radius 1 is 0.828 bits per heavy atom. The van der Waals surface area contributed by atoms with E-state index in [1.807, 2.05) is 45.0 Å². The van der Waals surface area contributed by atoms with Gasteiger partial charge in [-0.2, -0.15) is 0 Å². The number of carbonyl (C=O) groups excluding carboxylic acids is 2. The molecule has 3 aromatic rings. The van der Waals surface area contributed by atoms with Crippen molar-refractivity contribution < 1.29 is 9.59 Å². The Morgan fingerprint density at radius 2 is 1.41 bits per heavy atom. The molecule has 0 atom stereocenters.